The number of benzene rings is 1. The summed E-state index contributed by atoms with van der Waals surface area (Å²) in [5.74, 6) is 0.171. The molecule has 8 heteroatoms. The summed E-state index contributed by atoms with van der Waals surface area (Å²) in [4.78, 5) is 32.6. The van der Waals surface area contributed by atoms with Gasteiger partial charge in [0.05, 0.1) is 24.3 Å². The smallest absolute Gasteiger partial charge is 0.263 e. The van der Waals surface area contributed by atoms with E-state index in [0.29, 0.717) is 24.9 Å². The molecule has 2 heterocycles. The number of methoxy groups -OCH3 is 1. The van der Waals surface area contributed by atoms with Crippen LogP contribution in [0.15, 0.2) is 40.3 Å². The van der Waals surface area contributed by atoms with Gasteiger partial charge in [0, 0.05) is 18.5 Å². The molecule has 0 atom stereocenters. The molecule has 1 amide bonds. The van der Waals surface area contributed by atoms with Crippen molar-refractivity contribution >= 4 is 39.2 Å². The molecule has 3 aromatic rings. The highest BCUT2D eigenvalue weighted by Gasteiger charge is 2.22. The van der Waals surface area contributed by atoms with E-state index in [-0.39, 0.29) is 17.2 Å². The highest BCUT2D eigenvalue weighted by Crippen LogP contribution is 2.34. The van der Waals surface area contributed by atoms with E-state index < -0.39 is 0 Å². The molecule has 0 saturated heterocycles. The molecule has 1 aliphatic carbocycles. The van der Waals surface area contributed by atoms with Crippen LogP contribution in [0.3, 0.4) is 0 Å². The molecular weight excluding hydrogens is 430 g/mol. The number of hydrogen-bond donors (Lipinski definition) is 1. The highest BCUT2D eigenvalue weighted by atomic mass is 32.2. The van der Waals surface area contributed by atoms with Crippen LogP contribution in [0.5, 0.6) is 0 Å². The number of hydrogen-bond acceptors (Lipinski definition) is 6. The predicted molar refractivity (Wildman–Crippen MR) is 126 cm³/mol. The zero-order valence-corrected chi connectivity index (χ0v) is 19.3. The van der Waals surface area contributed by atoms with Gasteiger partial charge in [-0.3, -0.25) is 14.2 Å². The first-order valence-corrected chi connectivity index (χ1v) is 12.4. The van der Waals surface area contributed by atoms with Crippen LogP contribution in [-0.2, 0) is 35.3 Å². The van der Waals surface area contributed by atoms with E-state index in [9.17, 15) is 9.59 Å². The number of amides is 1. The fraction of sp³-hybridized carbons (Fsp3) is 0.435. The number of fused-ring (bicyclic) bond motifs is 3. The molecule has 0 saturated carbocycles. The topological polar surface area (TPSA) is 73.2 Å². The van der Waals surface area contributed by atoms with E-state index >= 15 is 0 Å². The summed E-state index contributed by atoms with van der Waals surface area (Å²) in [5, 5.41) is 4.32. The lowest BCUT2D eigenvalue weighted by molar-refractivity contribution is -0.118. The Labute approximate surface area is 190 Å². The Morgan fingerprint density at radius 3 is 2.87 bits per heavy atom. The molecule has 4 rings (SSSR count). The van der Waals surface area contributed by atoms with Crippen molar-refractivity contribution in [2.75, 3.05) is 26.0 Å². The van der Waals surface area contributed by atoms with E-state index in [1.54, 1.807) is 23.0 Å². The standard InChI is InChI=1S/C23H27N3O3S2/c1-29-14-13-26-22(28)20-17-9-5-6-10-18(17)31-21(20)25-23(26)30-15-19(27)24-12-11-16-7-3-2-4-8-16/h2-4,7-8H,5-6,9-15H2,1H3,(H,24,27). The van der Waals surface area contributed by atoms with Crippen LogP contribution in [0, 0.1) is 0 Å². The predicted octanol–water partition coefficient (Wildman–Crippen LogP) is 3.43. The summed E-state index contributed by atoms with van der Waals surface area (Å²) in [6.07, 6.45) is 5.06. The van der Waals surface area contributed by atoms with Crippen molar-refractivity contribution in [1.82, 2.24) is 14.9 Å². The molecule has 0 radical (unpaired) electrons. The molecule has 6 nitrogen and oxygen atoms in total. The molecular formula is C23H27N3O3S2. The molecule has 0 unspecified atom stereocenters. The Hall–Kier alpha value is -2.16. The number of ether oxygens (including phenoxy) is 1. The van der Waals surface area contributed by atoms with Gasteiger partial charge in [-0.1, -0.05) is 42.1 Å². The van der Waals surface area contributed by atoms with Crippen LogP contribution >= 0.6 is 23.1 Å². The molecule has 1 N–H and O–H groups in total. The third-order valence-electron chi connectivity index (χ3n) is 5.47. The van der Waals surface area contributed by atoms with Crippen LogP contribution in [0.2, 0.25) is 0 Å². The normalized spacial score (nSPS) is 13.3. The summed E-state index contributed by atoms with van der Waals surface area (Å²) in [6, 6.07) is 10.1. The summed E-state index contributed by atoms with van der Waals surface area (Å²) in [7, 11) is 1.62. The van der Waals surface area contributed by atoms with Gasteiger partial charge in [0.15, 0.2) is 5.16 Å². The molecule has 31 heavy (non-hydrogen) atoms. The van der Waals surface area contributed by atoms with Gasteiger partial charge in [-0.25, -0.2) is 4.98 Å². The van der Waals surface area contributed by atoms with Gasteiger partial charge < -0.3 is 10.1 Å². The molecule has 2 aromatic heterocycles. The third kappa shape index (κ3) is 5.19. The summed E-state index contributed by atoms with van der Waals surface area (Å²) in [6.45, 7) is 1.45. The number of carbonyl (C=O) groups excluding carboxylic acids is 1. The SMILES string of the molecule is COCCn1c(SCC(=O)NCCc2ccccc2)nc2sc3c(c2c1=O)CCCC3. The lowest BCUT2D eigenvalue weighted by atomic mass is 9.97. The lowest BCUT2D eigenvalue weighted by Crippen LogP contribution is -2.29. The minimum Gasteiger partial charge on any atom is -0.383 e. The number of thiophene rings is 1. The van der Waals surface area contributed by atoms with Crippen molar-refractivity contribution in [3.05, 3.63) is 56.7 Å². The number of aromatic nitrogens is 2. The Kier molecular flexibility index (Phi) is 7.42. The van der Waals surface area contributed by atoms with Crippen LogP contribution in [-0.4, -0.2) is 41.5 Å². The number of aryl methyl sites for hydroxylation is 2. The monoisotopic (exact) mass is 457 g/mol. The fourth-order valence-electron chi connectivity index (χ4n) is 3.88. The molecule has 1 aromatic carbocycles. The van der Waals surface area contributed by atoms with Gasteiger partial charge in [-0.2, -0.15) is 0 Å². The maximum absolute atomic E-state index is 13.3. The first-order chi connectivity index (χ1) is 15.2. The van der Waals surface area contributed by atoms with Gasteiger partial charge >= 0.3 is 0 Å². The van der Waals surface area contributed by atoms with Crippen LogP contribution in [0.4, 0.5) is 0 Å². The third-order valence-corrected chi connectivity index (χ3v) is 7.63. The average molecular weight is 458 g/mol. The van der Waals surface area contributed by atoms with Crippen LogP contribution in [0.25, 0.3) is 10.2 Å². The molecule has 0 bridgehead atoms. The van der Waals surface area contributed by atoms with E-state index in [0.717, 1.165) is 35.9 Å². The minimum absolute atomic E-state index is 0.00608. The van der Waals surface area contributed by atoms with E-state index in [1.165, 1.54) is 34.2 Å². The van der Waals surface area contributed by atoms with E-state index in [4.69, 9.17) is 9.72 Å². The Morgan fingerprint density at radius 2 is 2.06 bits per heavy atom. The quantitative estimate of drug-likeness (QED) is 0.394. The number of nitrogens with zero attached hydrogens (tertiary/aromatic N) is 2. The minimum atomic E-state index is -0.0564. The molecule has 0 spiro atoms. The molecule has 1 aliphatic rings. The van der Waals surface area contributed by atoms with E-state index in [2.05, 4.69) is 17.4 Å². The maximum atomic E-state index is 13.3. The largest absolute Gasteiger partial charge is 0.383 e. The van der Waals surface area contributed by atoms with Gasteiger partial charge in [-0.15, -0.1) is 11.3 Å². The van der Waals surface area contributed by atoms with Gasteiger partial charge in [0.2, 0.25) is 5.91 Å². The second-order valence-electron chi connectivity index (χ2n) is 7.61. The van der Waals surface area contributed by atoms with E-state index in [1.807, 2.05) is 18.2 Å². The molecule has 0 aliphatic heterocycles. The average Bonchev–Trinajstić information content (AvgIpc) is 3.16. The number of nitrogens with one attached hydrogen (secondary N) is 1. The fourth-order valence-corrected chi connectivity index (χ4v) is 6.04. The van der Waals surface area contributed by atoms with Crippen LogP contribution in [0.1, 0.15) is 28.8 Å². The van der Waals surface area contributed by atoms with Crippen molar-refractivity contribution in [1.29, 1.82) is 0 Å². The maximum Gasteiger partial charge on any atom is 0.263 e. The van der Waals surface area contributed by atoms with Gasteiger partial charge in [-0.05, 0) is 43.2 Å². The van der Waals surface area contributed by atoms with Crippen molar-refractivity contribution < 1.29 is 9.53 Å². The summed E-state index contributed by atoms with van der Waals surface area (Å²) < 4.78 is 6.89. The highest BCUT2D eigenvalue weighted by molar-refractivity contribution is 7.99. The summed E-state index contributed by atoms with van der Waals surface area (Å²) in [5.41, 5.74) is 2.37. The van der Waals surface area contributed by atoms with Gasteiger partial charge in [0.25, 0.3) is 5.56 Å². The second kappa shape index (κ2) is 10.4. The first kappa shape index (κ1) is 22.0. The van der Waals surface area contributed by atoms with Crippen molar-refractivity contribution in [3.8, 4) is 0 Å². The Morgan fingerprint density at radius 1 is 1.26 bits per heavy atom. The van der Waals surface area contributed by atoms with Gasteiger partial charge in [0.1, 0.15) is 4.83 Å². The number of thioether (sulfide) groups is 1. The zero-order valence-electron chi connectivity index (χ0n) is 17.7. The van der Waals surface area contributed by atoms with Crippen LogP contribution < -0.4 is 10.9 Å². The van der Waals surface area contributed by atoms with Crippen molar-refractivity contribution in [2.45, 2.75) is 43.8 Å². The van der Waals surface area contributed by atoms with Crippen molar-refractivity contribution in [3.63, 3.8) is 0 Å². The number of rotatable bonds is 9. The number of carbonyl (C=O) groups is 1. The Bertz CT molecular complexity index is 1110. The second-order valence-corrected chi connectivity index (χ2v) is 9.64. The first-order valence-electron chi connectivity index (χ1n) is 10.6. The zero-order chi connectivity index (χ0) is 21.6. The van der Waals surface area contributed by atoms with Crippen molar-refractivity contribution in [2.24, 2.45) is 0 Å². The molecule has 0 fully saturated rings. The molecule has 164 valence electrons. The Balaban J connectivity index is 1.48. The summed E-state index contributed by atoms with van der Waals surface area (Å²) >= 11 is 2.95. The lowest BCUT2D eigenvalue weighted by Gasteiger charge is -2.13.